The van der Waals surface area contributed by atoms with E-state index < -0.39 is 0 Å². The number of halogens is 2. The van der Waals surface area contributed by atoms with Gasteiger partial charge in [0.1, 0.15) is 5.82 Å². The van der Waals surface area contributed by atoms with E-state index in [-0.39, 0.29) is 12.4 Å². The maximum Gasteiger partial charge on any atom is 0.137 e. The van der Waals surface area contributed by atoms with Gasteiger partial charge >= 0.3 is 0 Å². The molecule has 2 nitrogen and oxygen atoms in total. The summed E-state index contributed by atoms with van der Waals surface area (Å²) in [5.74, 6) is 0.183. The van der Waals surface area contributed by atoms with E-state index in [0.29, 0.717) is 10.4 Å². The molecule has 4 heteroatoms. The first kappa shape index (κ1) is 12.0. The van der Waals surface area contributed by atoms with Gasteiger partial charge in [-0.1, -0.05) is 6.07 Å². The first-order chi connectivity index (χ1) is 7.69. The molecule has 1 aliphatic rings. The van der Waals surface area contributed by atoms with E-state index >= 15 is 0 Å². The van der Waals surface area contributed by atoms with Crippen LogP contribution in [0.1, 0.15) is 12.0 Å². The van der Waals surface area contributed by atoms with Gasteiger partial charge in [-0.05, 0) is 52.5 Å². The summed E-state index contributed by atoms with van der Waals surface area (Å²) < 4.78 is 13.6. The summed E-state index contributed by atoms with van der Waals surface area (Å²) >= 11 is 3.19. The van der Waals surface area contributed by atoms with E-state index in [2.05, 4.69) is 20.8 Å². The lowest BCUT2D eigenvalue weighted by molar-refractivity contribution is 0.220. The van der Waals surface area contributed by atoms with Crippen molar-refractivity contribution in [1.29, 1.82) is 0 Å². The lowest BCUT2D eigenvalue weighted by atomic mass is 10.1. The quantitative estimate of drug-likeness (QED) is 0.923. The number of aliphatic hydroxyl groups excluding tert-OH is 1. The van der Waals surface area contributed by atoms with Crippen LogP contribution in [0.15, 0.2) is 22.7 Å². The van der Waals surface area contributed by atoms with Gasteiger partial charge in [-0.3, -0.25) is 4.90 Å². The predicted octanol–water partition coefficient (Wildman–Crippen LogP) is 2.40. The summed E-state index contributed by atoms with van der Waals surface area (Å²) in [6.45, 7) is 3.05. The molecule has 1 fully saturated rings. The van der Waals surface area contributed by atoms with Crippen LogP contribution in [0.5, 0.6) is 0 Å². The van der Waals surface area contributed by atoms with Gasteiger partial charge in [0.05, 0.1) is 4.47 Å². The third kappa shape index (κ3) is 2.81. The molecule has 1 saturated heterocycles. The fraction of sp³-hybridized carbons (Fsp3) is 0.500. The first-order valence-corrected chi connectivity index (χ1v) is 6.25. The van der Waals surface area contributed by atoms with Gasteiger partial charge in [-0.15, -0.1) is 0 Å². The lowest BCUT2D eigenvalue weighted by Gasteiger charge is -2.15. The van der Waals surface area contributed by atoms with Gasteiger partial charge in [0.15, 0.2) is 0 Å². The maximum absolute atomic E-state index is 13.0. The third-order valence-electron chi connectivity index (χ3n) is 3.02. The number of benzene rings is 1. The zero-order valence-electron chi connectivity index (χ0n) is 9.00. The molecule has 1 atom stereocenters. The smallest absolute Gasteiger partial charge is 0.137 e. The van der Waals surface area contributed by atoms with Gasteiger partial charge in [0.25, 0.3) is 0 Å². The van der Waals surface area contributed by atoms with Gasteiger partial charge < -0.3 is 5.11 Å². The van der Waals surface area contributed by atoms with Crippen molar-refractivity contribution < 1.29 is 9.50 Å². The highest BCUT2D eigenvalue weighted by atomic mass is 79.9. The van der Waals surface area contributed by atoms with Gasteiger partial charge in [0.2, 0.25) is 0 Å². The second-order valence-electron chi connectivity index (χ2n) is 4.32. The molecule has 1 unspecified atom stereocenters. The number of aliphatic hydroxyl groups is 1. The molecule has 0 spiro atoms. The first-order valence-electron chi connectivity index (χ1n) is 5.46. The summed E-state index contributed by atoms with van der Waals surface area (Å²) in [4.78, 5) is 2.29. The Morgan fingerprint density at radius 1 is 1.50 bits per heavy atom. The molecule has 2 rings (SSSR count). The van der Waals surface area contributed by atoms with Gasteiger partial charge in [0, 0.05) is 19.7 Å². The number of rotatable bonds is 3. The van der Waals surface area contributed by atoms with Crippen molar-refractivity contribution >= 4 is 15.9 Å². The van der Waals surface area contributed by atoms with Crippen molar-refractivity contribution in [3.05, 3.63) is 34.1 Å². The zero-order chi connectivity index (χ0) is 11.5. The second-order valence-corrected chi connectivity index (χ2v) is 5.18. The Morgan fingerprint density at radius 2 is 2.31 bits per heavy atom. The summed E-state index contributed by atoms with van der Waals surface area (Å²) in [6, 6.07) is 5.12. The molecule has 1 heterocycles. The van der Waals surface area contributed by atoms with Crippen molar-refractivity contribution in [2.75, 3.05) is 19.7 Å². The molecule has 0 aromatic heterocycles. The van der Waals surface area contributed by atoms with E-state index in [1.54, 1.807) is 0 Å². The molecule has 0 aliphatic carbocycles. The Labute approximate surface area is 103 Å². The summed E-state index contributed by atoms with van der Waals surface area (Å²) in [6.07, 6.45) is 1.05. The van der Waals surface area contributed by atoms with Crippen molar-refractivity contribution in [3.8, 4) is 0 Å². The van der Waals surface area contributed by atoms with E-state index in [9.17, 15) is 4.39 Å². The Morgan fingerprint density at radius 3 is 2.94 bits per heavy atom. The molecule has 0 radical (unpaired) electrons. The SMILES string of the molecule is OCC1CCN(Cc2ccc(F)c(Br)c2)C1. The minimum Gasteiger partial charge on any atom is -0.396 e. The van der Waals surface area contributed by atoms with Crippen LogP contribution in [-0.4, -0.2) is 29.7 Å². The highest BCUT2D eigenvalue weighted by molar-refractivity contribution is 9.10. The minimum absolute atomic E-state index is 0.224. The summed E-state index contributed by atoms with van der Waals surface area (Å²) in [5, 5.41) is 9.05. The summed E-state index contributed by atoms with van der Waals surface area (Å²) in [7, 11) is 0. The molecular weight excluding hydrogens is 273 g/mol. The monoisotopic (exact) mass is 287 g/mol. The van der Waals surface area contributed by atoms with E-state index in [0.717, 1.165) is 31.6 Å². The van der Waals surface area contributed by atoms with Crippen LogP contribution in [0, 0.1) is 11.7 Å². The molecule has 1 aromatic carbocycles. The minimum atomic E-state index is -0.224. The Kier molecular flexibility index (Phi) is 3.95. The summed E-state index contributed by atoms with van der Waals surface area (Å²) in [5.41, 5.74) is 1.10. The average Bonchev–Trinajstić information content (AvgIpc) is 2.71. The van der Waals surface area contributed by atoms with Crippen LogP contribution in [0.3, 0.4) is 0 Å². The van der Waals surface area contributed by atoms with Crippen LogP contribution in [0.25, 0.3) is 0 Å². The van der Waals surface area contributed by atoms with Crippen LogP contribution in [-0.2, 0) is 6.54 Å². The number of hydrogen-bond donors (Lipinski definition) is 1. The van der Waals surface area contributed by atoms with E-state index in [1.165, 1.54) is 6.07 Å². The highest BCUT2D eigenvalue weighted by Crippen LogP contribution is 2.21. The molecule has 88 valence electrons. The molecular formula is C12H15BrFNO. The predicted molar refractivity (Wildman–Crippen MR) is 64.6 cm³/mol. The number of nitrogens with zero attached hydrogens (tertiary/aromatic N) is 1. The van der Waals surface area contributed by atoms with Crippen molar-refractivity contribution in [2.45, 2.75) is 13.0 Å². The van der Waals surface area contributed by atoms with Crippen LogP contribution in [0.4, 0.5) is 4.39 Å². The molecule has 16 heavy (non-hydrogen) atoms. The highest BCUT2D eigenvalue weighted by Gasteiger charge is 2.21. The second kappa shape index (κ2) is 5.25. The Bertz CT molecular complexity index is 372. The van der Waals surface area contributed by atoms with Crippen LogP contribution in [0.2, 0.25) is 0 Å². The lowest BCUT2D eigenvalue weighted by Crippen LogP contribution is -2.20. The van der Waals surface area contributed by atoms with Crippen molar-refractivity contribution in [3.63, 3.8) is 0 Å². The third-order valence-corrected chi connectivity index (χ3v) is 3.63. The molecule has 0 amide bonds. The van der Waals surface area contributed by atoms with Crippen molar-refractivity contribution in [1.82, 2.24) is 4.90 Å². The topological polar surface area (TPSA) is 23.5 Å². The van der Waals surface area contributed by atoms with E-state index in [1.807, 2.05) is 12.1 Å². The average molecular weight is 288 g/mol. The molecule has 0 bridgehead atoms. The van der Waals surface area contributed by atoms with Crippen molar-refractivity contribution in [2.24, 2.45) is 5.92 Å². The molecule has 1 aromatic rings. The zero-order valence-corrected chi connectivity index (χ0v) is 10.6. The molecule has 1 aliphatic heterocycles. The van der Waals surface area contributed by atoms with E-state index in [4.69, 9.17) is 5.11 Å². The maximum atomic E-state index is 13.0. The fourth-order valence-electron chi connectivity index (χ4n) is 2.10. The number of hydrogen-bond acceptors (Lipinski definition) is 2. The molecule has 1 N–H and O–H groups in total. The largest absolute Gasteiger partial charge is 0.396 e. The number of likely N-dealkylation sites (tertiary alicyclic amines) is 1. The van der Waals surface area contributed by atoms with Crippen LogP contribution < -0.4 is 0 Å². The van der Waals surface area contributed by atoms with Gasteiger partial charge in [-0.25, -0.2) is 4.39 Å². The normalized spacial score (nSPS) is 21.6. The molecule has 0 saturated carbocycles. The Hall–Kier alpha value is -0.450. The Balaban J connectivity index is 1.97. The van der Waals surface area contributed by atoms with Crippen LogP contribution >= 0.6 is 15.9 Å². The standard InChI is InChI=1S/C12H15BrFNO/c13-11-5-9(1-2-12(11)14)6-15-4-3-10(7-15)8-16/h1-2,5,10,16H,3-4,6-8H2. The fourth-order valence-corrected chi connectivity index (χ4v) is 2.53. The van der Waals surface area contributed by atoms with Gasteiger partial charge in [-0.2, -0.15) is 0 Å².